The van der Waals surface area contributed by atoms with E-state index in [1.807, 2.05) is 11.3 Å². The zero-order valence-electron chi connectivity index (χ0n) is 11.0. The maximum absolute atomic E-state index is 4.89. The topological polar surface area (TPSA) is 24.9 Å². The fourth-order valence-corrected chi connectivity index (χ4v) is 4.24. The molecule has 1 heterocycles. The van der Waals surface area contributed by atoms with Gasteiger partial charge in [-0.15, -0.1) is 11.3 Å². The molecule has 1 aromatic rings. The molecule has 0 bridgehead atoms. The van der Waals surface area contributed by atoms with E-state index in [-0.39, 0.29) is 5.54 Å². The predicted octanol–water partition coefficient (Wildman–Crippen LogP) is 3.39. The van der Waals surface area contributed by atoms with Crippen LogP contribution in [0.2, 0.25) is 0 Å². The molecule has 0 amide bonds. The van der Waals surface area contributed by atoms with Crippen molar-refractivity contribution in [3.8, 4) is 0 Å². The lowest BCUT2D eigenvalue weighted by molar-refractivity contribution is 0.112. The van der Waals surface area contributed by atoms with Crippen molar-refractivity contribution in [2.75, 3.05) is 0 Å². The molecule has 2 saturated carbocycles. The van der Waals surface area contributed by atoms with Gasteiger partial charge in [-0.05, 0) is 44.9 Å². The van der Waals surface area contributed by atoms with E-state index in [0.29, 0.717) is 0 Å². The van der Waals surface area contributed by atoms with Crippen molar-refractivity contribution in [3.63, 3.8) is 0 Å². The molecule has 3 rings (SSSR count). The van der Waals surface area contributed by atoms with Gasteiger partial charge in [0.25, 0.3) is 0 Å². The highest BCUT2D eigenvalue weighted by Gasteiger charge is 2.48. The van der Waals surface area contributed by atoms with Gasteiger partial charge in [-0.25, -0.2) is 4.98 Å². The van der Waals surface area contributed by atoms with Gasteiger partial charge in [0, 0.05) is 10.9 Å². The normalized spacial score (nSPS) is 32.5. The van der Waals surface area contributed by atoms with Crippen LogP contribution < -0.4 is 5.32 Å². The maximum Gasteiger partial charge on any atom is 0.113 e. The van der Waals surface area contributed by atoms with Crippen molar-refractivity contribution in [3.05, 3.63) is 15.6 Å². The first kappa shape index (κ1) is 11.7. The van der Waals surface area contributed by atoms with E-state index in [4.69, 9.17) is 4.98 Å². The Morgan fingerprint density at radius 2 is 2.12 bits per heavy atom. The van der Waals surface area contributed by atoms with Crippen LogP contribution in [0.4, 0.5) is 0 Å². The molecule has 17 heavy (non-hydrogen) atoms. The molecule has 0 spiro atoms. The molecule has 2 nitrogen and oxygen atoms in total. The molecule has 0 aromatic carbocycles. The molecule has 0 aliphatic heterocycles. The Hall–Kier alpha value is -0.410. The molecule has 0 unspecified atom stereocenters. The van der Waals surface area contributed by atoms with Crippen molar-refractivity contribution in [2.45, 2.75) is 64.5 Å². The second-order valence-electron chi connectivity index (χ2n) is 5.89. The highest BCUT2D eigenvalue weighted by Crippen LogP contribution is 2.48. The number of hydrogen-bond acceptors (Lipinski definition) is 3. The minimum Gasteiger partial charge on any atom is -0.303 e. The van der Waals surface area contributed by atoms with Crippen LogP contribution in [0.15, 0.2) is 0 Å². The lowest BCUT2D eigenvalue weighted by atomic mass is 9.69. The average molecular weight is 250 g/mol. The molecule has 2 aliphatic rings. The molecule has 2 aliphatic carbocycles. The number of aromatic nitrogens is 1. The highest BCUT2D eigenvalue weighted by atomic mass is 32.1. The first-order valence-electron chi connectivity index (χ1n) is 6.87. The van der Waals surface area contributed by atoms with Crippen LogP contribution in [0, 0.1) is 12.8 Å². The van der Waals surface area contributed by atoms with Crippen molar-refractivity contribution in [1.29, 1.82) is 0 Å². The van der Waals surface area contributed by atoms with Crippen molar-refractivity contribution < 1.29 is 0 Å². The summed E-state index contributed by atoms with van der Waals surface area (Å²) in [4.78, 5) is 6.31. The zero-order chi connectivity index (χ0) is 12.0. The summed E-state index contributed by atoms with van der Waals surface area (Å²) in [6.45, 7) is 6.77. The largest absolute Gasteiger partial charge is 0.303 e. The summed E-state index contributed by atoms with van der Waals surface area (Å²) in [5.74, 6) is 0.857. The SMILES string of the molecule is CCc1nc(C2(NC3CC3)CC(C)C2)sc1C. The van der Waals surface area contributed by atoms with Crippen LogP contribution in [-0.4, -0.2) is 11.0 Å². The summed E-state index contributed by atoms with van der Waals surface area (Å²) in [5.41, 5.74) is 1.55. The lowest BCUT2D eigenvalue weighted by Gasteiger charge is -2.46. The van der Waals surface area contributed by atoms with Crippen LogP contribution in [0.3, 0.4) is 0 Å². The standard InChI is InChI=1S/C14H22N2S/c1-4-12-10(3)17-13(15-12)14(7-9(2)8-14)16-11-5-6-11/h9,11,16H,4-8H2,1-3H3. The minimum absolute atomic E-state index is 0.240. The van der Waals surface area contributed by atoms with Crippen LogP contribution >= 0.6 is 11.3 Å². The van der Waals surface area contributed by atoms with E-state index >= 15 is 0 Å². The van der Waals surface area contributed by atoms with Gasteiger partial charge in [0.1, 0.15) is 5.01 Å². The van der Waals surface area contributed by atoms with Gasteiger partial charge in [-0.1, -0.05) is 13.8 Å². The van der Waals surface area contributed by atoms with Crippen LogP contribution in [-0.2, 0) is 12.0 Å². The Morgan fingerprint density at radius 3 is 2.59 bits per heavy atom. The van der Waals surface area contributed by atoms with Crippen molar-refractivity contribution in [2.24, 2.45) is 5.92 Å². The van der Waals surface area contributed by atoms with E-state index in [9.17, 15) is 0 Å². The number of nitrogens with one attached hydrogen (secondary N) is 1. The quantitative estimate of drug-likeness (QED) is 0.886. The van der Waals surface area contributed by atoms with Gasteiger partial charge in [-0.3, -0.25) is 0 Å². The average Bonchev–Trinajstić information content (AvgIpc) is 2.97. The Morgan fingerprint density at radius 1 is 1.41 bits per heavy atom. The molecule has 0 radical (unpaired) electrons. The molecule has 0 atom stereocenters. The van der Waals surface area contributed by atoms with Gasteiger partial charge in [0.05, 0.1) is 11.2 Å². The smallest absolute Gasteiger partial charge is 0.113 e. The summed E-state index contributed by atoms with van der Waals surface area (Å²) >= 11 is 1.92. The minimum atomic E-state index is 0.240. The third-order valence-electron chi connectivity index (χ3n) is 4.09. The number of nitrogens with zero attached hydrogens (tertiary/aromatic N) is 1. The Balaban J connectivity index is 1.86. The van der Waals surface area contributed by atoms with Crippen LogP contribution in [0.25, 0.3) is 0 Å². The first-order chi connectivity index (χ1) is 8.13. The zero-order valence-corrected chi connectivity index (χ0v) is 11.9. The van der Waals surface area contributed by atoms with Gasteiger partial charge < -0.3 is 5.32 Å². The number of thiazole rings is 1. The molecule has 2 fully saturated rings. The maximum atomic E-state index is 4.89. The van der Waals surface area contributed by atoms with Crippen LogP contribution in [0.1, 0.15) is 55.1 Å². The van der Waals surface area contributed by atoms with E-state index < -0.39 is 0 Å². The highest BCUT2D eigenvalue weighted by molar-refractivity contribution is 7.11. The van der Waals surface area contributed by atoms with Gasteiger partial charge in [0.2, 0.25) is 0 Å². The van der Waals surface area contributed by atoms with Gasteiger partial charge in [-0.2, -0.15) is 0 Å². The fraction of sp³-hybridized carbons (Fsp3) is 0.786. The van der Waals surface area contributed by atoms with Gasteiger partial charge >= 0.3 is 0 Å². The van der Waals surface area contributed by atoms with Crippen molar-refractivity contribution >= 4 is 11.3 Å². The van der Waals surface area contributed by atoms with Crippen molar-refractivity contribution in [1.82, 2.24) is 10.3 Å². The number of hydrogen-bond donors (Lipinski definition) is 1. The second kappa shape index (κ2) is 4.06. The molecule has 94 valence electrons. The molecular weight excluding hydrogens is 228 g/mol. The molecular formula is C14H22N2S. The van der Waals surface area contributed by atoms with E-state index in [0.717, 1.165) is 18.4 Å². The third kappa shape index (κ3) is 2.04. The predicted molar refractivity (Wildman–Crippen MR) is 72.5 cm³/mol. The van der Waals surface area contributed by atoms with E-state index in [1.165, 1.54) is 41.3 Å². The molecule has 1 N–H and O–H groups in total. The summed E-state index contributed by atoms with van der Waals surface area (Å²) in [7, 11) is 0. The molecule has 3 heteroatoms. The fourth-order valence-electron chi connectivity index (χ4n) is 3.06. The van der Waals surface area contributed by atoms with Crippen LogP contribution in [0.5, 0.6) is 0 Å². The third-order valence-corrected chi connectivity index (χ3v) is 5.31. The second-order valence-corrected chi connectivity index (χ2v) is 7.09. The molecule has 1 aromatic heterocycles. The molecule has 0 saturated heterocycles. The Bertz CT molecular complexity index is 414. The summed E-state index contributed by atoms with van der Waals surface area (Å²) in [6, 6.07) is 0.775. The van der Waals surface area contributed by atoms with E-state index in [1.54, 1.807) is 0 Å². The summed E-state index contributed by atoms with van der Waals surface area (Å²) in [6.07, 6.45) is 6.35. The summed E-state index contributed by atoms with van der Waals surface area (Å²) in [5, 5.41) is 5.22. The Labute approximate surface area is 108 Å². The monoisotopic (exact) mass is 250 g/mol. The van der Waals surface area contributed by atoms with E-state index in [2.05, 4.69) is 26.1 Å². The Kier molecular flexibility index (Phi) is 2.79. The first-order valence-corrected chi connectivity index (χ1v) is 7.69. The van der Waals surface area contributed by atoms with Gasteiger partial charge in [0.15, 0.2) is 0 Å². The summed E-state index contributed by atoms with van der Waals surface area (Å²) < 4.78 is 0. The lowest BCUT2D eigenvalue weighted by Crippen LogP contribution is -2.52. The number of aryl methyl sites for hydroxylation is 2. The number of rotatable bonds is 4.